The Hall–Kier alpha value is -1.62. The van der Waals surface area contributed by atoms with E-state index in [1.165, 1.54) is 7.11 Å². The molecule has 0 radical (unpaired) electrons. The second-order valence-corrected chi connectivity index (χ2v) is 4.34. The van der Waals surface area contributed by atoms with Gasteiger partial charge in [-0.25, -0.2) is 9.78 Å². The summed E-state index contributed by atoms with van der Waals surface area (Å²) in [6.07, 6.45) is 4.50. The molecular formula is C12H16N2O3. The van der Waals surface area contributed by atoms with E-state index < -0.39 is 0 Å². The summed E-state index contributed by atoms with van der Waals surface area (Å²) in [7, 11) is 1.34. The van der Waals surface area contributed by atoms with Gasteiger partial charge in [0.2, 0.25) is 0 Å². The molecular weight excluding hydrogens is 220 g/mol. The van der Waals surface area contributed by atoms with Crippen LogP contribution in [-0.2, 0) is 4.74 Å². The van der Waals surface area contributed by atoms with Gasteiger partial charge in [-0.3, -0.25) is 0 Å². The number of nitrogens with one attached hydrogen (secondary N) is 1. The van der Waals surface area contributed by atoms with E-state index in [2.05, 4.69) is 15.0 Å². The Bertz CT molecular complexity index is 410. The van der Waals surface area contributed by atoms with Crippen molar-refractivity contribution in [3.63, 3.8) is 0 Å². The molecule has 0 atom stereocenters. The standard InChI is InChI=1S/C12H16N2O3/c1-17-11(16)9-3-6-13-10(7-9)14-12(8-15)4-2-5-12/h3,6-7,15H,2,4-5,8H2,1H3,(H,13,14). The van der Waals surface area contributed by atoms with Crippen molar-refractivity contribution in [2.45, 2.75) is 24.8 Å². The largest absolute Gasteiger partial charge is 0.465 e. The van der Waals surface area contributed by atoms with Gasteiger partial charge >= 0.3 is 5.97 Å². The van der Waals surface area contributed by atoms with Gasteiger partial charge in [0.25, 0.3) is 0 Å². The number of carbonyl (C=O) groups is 1. The molecule has 1 aromatic rings. The SMILES string of the molecule is COC(=O)c1ccnc(NC2(CO)CCC2)c1. The summed E-state index contributed by atoms with van der Waals surface area (Å²) < 4.78 is 4.64. The number of esters is 1. The van der Waals surface area contributed by atoms with E-state index in [0.717, 1.165) is 19.3 Å². The Morgan fingerprint density at radius 2 is 2.41 bits per heavy atom. The van der Waals surface area contributed by atoms with Crippen LogP contribution in [0.2, 0.25) is 0 Å². The highest BCUT2D eigenvalue weighted by molar-refractivity contribution is 5.90. The fourth-order valence-corrected chi connectivity index (χ4v) is 1.94. The summed E-state index contributed by atoms with van der Waals surface area (Å²) in [6, 6.07) is 3.24. The van der Waals surface area contributed by atoms with Crippen LogP contribution in [-0.4, -0.2) is 35.3 Å². The summed E-state index contributed by atoms with van der Waals surface area (Å²) in [5.41, 5.74) is 0.194. The number of nitrogens with zero attached hydrogens (tertiary/aromatic N) is 1. The number of methoxy groups -OCH3 is 1. The van der Waals surface area contributed by atoms with E-state index in [1.807, 2.05) is 0 Å². The number of pyridine rings is 1. The van der Waals surface area contributed by atoms with E-state index in [9.17, 15) is 9.90 Å². The van der Waals surface area contributed by atoms with Crippen LogP contribution >= 0.6 is 0 Å². The lowest BCUT2D eigenvalue weighted by atomic mass is 9.77. The molecule has 1 aromatic heterocycles. The minimum atomic E-state index is -0.387. The Kier molecular flexibility index (Phi) is 3.28. The van der Waals surface area contributed by atoms with E-state index in [0.29, 0.717) is 11.4 Å². The quantitative estimate of drug-likeness (QED) is 0.768. The number of aliphatic hydroxyl groups is 1. The lowest BCUT2D eigenvalue weighted by Gasteiger charge is -2.41. The van der Waals surface area contributed by atoms with Crippen molar-refractivity contribution in [1.82, 2.24) is 4.98 Å². The molecule has 1 heterocycles. The van der Waals surface area contributed by atoms with Gasteiger partial charge in [-0.15, -0.1) is 0 Å². The molecule has 0 aromatic carbocycles. The van der Waals surface area contributed by atoms with Crippen LogP contribution in [0.3, 0.4) is 0 Å². The van der Waals surface area contributed by atoms with E-state index in [4.69, 9.17) is 0 Å². The fraction of sp³-hybridized carbons (Fsp3) is 0.500. The molecule has 5 heteroatoms. The summed E-state index contributed by atoms with van der Waals surface area (Å²) in [5.74, 6) is 0.212. The Balaban J connectivity index is 2.13. The fourth-order valence-electron chi connectivity index (χ4n) is 1.94. The number of aromatic nitrogens is 1. The lowest BCUT2D eigenvalue weighted by molar-refractivity contribution is 0.0600. The van der Waals surface area contributed by atoms with Crippen LogP contribution in [0.5, 0.6) is 0 Å². The lowest BCUT2D eigenvalue weighted by Crippen LogP contribution is -2.48. The van der Waals surface area contributed by atoms with Gasteiger partial charge in [0.05, 0.1) is 24.8 Å². The summed E-state index contributed by atoms with van der Waals surface area (Å²) in [6.45, 7) is 0.0805. The molecule has 1 aliphatic rings. The molecule has 0 unspecified atom stereocenters. The van der Waals surface area contributed by atoms with Crippen molar-refractivity contribution >= 4 is 11.8 Å². The molecule has 5 nitrogen and oxygen atoms in total. The molecule has 1 saturated carbocycles. The minimum absolute atomic E-state index is 0.0805. The second kappa shape index (κ2) is 4.71. The zero-order valence-electron chi connectivity index (χ0n) is 9.77. The van der Waals surface area contributed by atoms with Crippen molar-refractivity contribution in [2.24, 2.45) is 0 Å². The van der Waals surface area contributed by atoms with Gasteiger partial charge in [-0.05, 0) is 31.4 Å². The molecule has 2 N–H and O–H groups in total. The highest BCUT2D eigenvalue weighted by atomic mass is 16.5. The first-order chi connectivity index (χ1) is 8.19. The predicted octanol–water partition coefficient (Wildman–Crippen LogP) is 1.20. The molecule has 92 valence electrons. The van der Waals surface area contributed by atoms with Crippen LogP contribution in [0.1, 0.15) is 29.6 Å². The number of ether oxygens (including phenoxy) is 1. The Morgan fingerprint density at radius 1 is 1.65 bits per heavy atom. The maximum Gasteiger partial charge on any atom is 0.338 e. The molecule has 1 fully saturated rings. The highest BCUT2D eigenvalue weighted by Gasteiger charge is 2.36. The third kappa shape index (κ3) is 2.39. The average Bonchev–Trinajstić information content (AvgIpc) is 2.33. The molecule has 2 rings (SSSR count). The monoisotopic (exact) mass is 236 g/mol. The molecule has 0 saturated heterocycles. The van der Waals surface area contributed by atoms with Crippen LogP contribution < -0.4 is 5.32 Å². The van der Waals surface area contributed by atoms with Crippen LogP contribution in [0, 0.1) is 0 Å². The van der Waals surface area contributed by atoms with Crippen LogP contribution in [0.4, 0.5) is 5.82 Å². The van der Waals surface area contributed by atoms with Gasteiger partial charge in [0.15, 0.2) is 0 Å². The minimum Gasteiger partial charge on any atom is -0.465 e. The van der Waals surface area contributed by atoms with E-state index in [1.54, 1.807) is 18.3 Å². The normalized spacial score (nSPS) is 17.1. The molecule has 0 aliphatic heterocycles. The maximum atomic E-state index is 11.4. The van der Waals surface area contributed by atoms with Crippen molar-refractivity contribution in [1.29, 1.82) is 0 Å². The maximum absolute atomic E-state index is 11.4. The van der Waals surface area contributed by atoms with Crippen LogP contribution in [0.25, 0.3) is 0 Å². The van der Waals surface area contributed by atoms with Gasteiger partial charge in [0, 0.05) is 6.20 Å². The molecule has 17 heavy (non-hydrogen) atoms. The van der Waals surface area contributed by atoms with Crippen LogP contribution in [0.15, 0.2) is 18.3 Å². The Morgan fingerprint density at radius 3 is 2.94 bits per heavy atom. The predicted molar refractivity (Wildman–Crippen MR) is 62.9 cm³/mol. The first-order valence-corrected chi connectivity index (χ1v) is 5.62. The number of carbonyl (C=O) groups excluding carboxylic acids is 1. The van der Waals surface area contributed by atoms with E-state index >= 15 is 0 Å². The molecule has 0 amide bonds. The van der Waals surface area contributed by atoms with E-state index in [-0.39, 0.29) is 18.1 Å². The molecule has 0 bridgehead atoms. The first kappa shape index (κ1) is 11.9. The smallest absolute Gasteiger partial charge is 0.338 e. The number of hydrogen-bond donors (Lipinski definition) is 2. The third-order valence-electron chi connectivity index (χ3n) is 3.19. The summed E-state index contributed by atoms with van der Waals surface area (Å²) in [5, 5.41) is 12.5. The topological polar surface area (TPSA) is 71.5 Å². The zero-order valence-corrected chi connectivity index (χ0v) is 9.77. The Labute approximate surface area is 99.8 Å². The average molecular weight is 236 g/mol. The van der Waals surface area contributed by atoms with Crippen molar-refractivity contribution < 1.29 is 14.6 Å². The molecule has 0 spiro atoms. The van der Waals surface area contributed by atoms with Crippen molar-refractivity contribution in [3.05, 3.63) is 23.9 Å². The molecule has 1 aliphatic carbocycles. The third-order valence-corrected chi connectivity index (χ3v) is 3.19. The number of anilines is 1. The van der Waals surface area contributed by atoms with Gasteiger partial charge < -0.3 is 15.2 Å². The number of hydrogen-bond acceptors (Lipinski definition) is 5. The zero-order chi connectivity index (χ0) is 12.3. The van der Waals surface area contributed by atoms with Gasteiger partial charge in [0.1, 0.15) is 5.82 Å². The number of rotatable bonds is 4. The van der Waals surface area contributed by atoms with Crippen molar-refractivity contribution in [2.75, 3.05) is 19.0 Å². The second-order valence-electron chi connectivity index (χ2n) is 4.34. The highest BCUT2D eigenvalue weighted by Crippen LogP contribution is 2.34. The first-order valence-electron chi connectivity index (χ1n) is 5.62. The summed E-state index contributed by atoms with van der Waals surface area (Å²) in [4.78, 5) is 15.5. The summed E-state index contributed by atoms with van der Waals surface area (Å²) >= 11 is 0. The number of aliphatic hydroxyl groups excluding tert-OH is 1. The van der Waals surface area contributed by atoms with Gasteiger partial charge in [-0.2, -0.15) is 0 Å². The van der Waals surface area contributed by atoms with Crippen molar-refractivity contribution in [3.8, 4) is 0 Å². The van der Waals surface area contributed by atoms with Gasteiger partial charge in [-0.1, -0.05) is 0 Å².